The Hall–Kier alpha value is -1.33. The van der Waals surface area contributed by atoms with Crippen molar-refractivity contribution in [3.05, 3.63) is 28.9 Å². The maximum absolute atomic E-state index is 6.03. The molecule has 2 aromatic rings. The number of pyridine rings is 1. The maximum Gasteiger partial charge on any atom is 0.0956 e. The summed E-state index contributed by atoms with van der Waals surface area (Å²) in [5, 5.41) is 0.975. The van der Waals surface area contributed by atoms with Crippen molar-refractivity contribution in [1.29, 1.82) is 0 Å². The van der Waals surface area contributed by atoms with Crippen LogP contribution in [0, 0.1) is 0 Å². The van der Waals surface area contributed by atoms with Crippen LogP contribution in [-0.4, -0.2) is 31.8 Å². The maximum atomic E-state index is 6.03. The number of halogens is 1. The zero-order chi connectivity index (χ0) is 13.8. The second-order valence-corrected chi connectivity index (χ2v) is 5.21. The predicted octanol–water partition coefficient (Wildman–Crippen LogP) is 3.05. The van der Waals surface area contributed by atoms with Gasteiger partial charge in [0.2, 0.25) is 0 Å². The fourth-order valence-electron chi connectivity index (χ4n) is 2.11. The first-order valence-electron chi connectivity index (χ1n) is 6.25. The summed E-state index contributed by atoms with van der Waals surface area (Å²) >= 11 is 3.44. The number of hydrogen-bond donors (Lipinski definition) is 1. The number of nitrogens with two attached hydrogens (primary N) is 1. The first kappa shape index (κ1) is 14.1. The lowest BCUT2D eigenvalue weighted by Gasteiger charge is -2.24. The van der Waals surface area contributed by atoms with Crippen molar-refractivity contribution in [2.24, 2.45) is 0 Å². The van der Waals surface area contributed by atoms with Crippen LogP contribution >= 0.6 is 15.9 Å². The number of hydrogen-bond acceptors (Lipinski definition) is 4. The van der Waals surface area contributed by atoms with Gasteiger partial charge in [-0.3, -0.25) is 4.98 Å². The number of rotatable bonds is 5. The molecule has 4 nitrogen and oxygen atoms in total. The lowest BCUT2D eigenvalue weighted by atomic mass is 10.1. The third-order valence-corrected chi connectivity index (χ3v) is 3.55. The van der Waals surface area contributed by atoms with E-state index in [-0.39, 0.29) is 0 Å². The molecule has 0 radical (unpaired) electrons. The fourth-order valence-corrected chi connectivity index (χ4v) is 2.44. The standard InChI is InChI=1S/C14H18BrN3O/c1-3-18(6-7-19-2)13-5-4-12(16)11-8-10(15)9-17-14(11)13/h4-5,8-9H,3,6-7,16H2,1-2H3. The van der Waals surface area contributed by atoms with Gasteiger partial charge in [0.25, 0.3) is 0 Å². The summed E-state index contributed by atoms with van der Waals surface area (Å²) in [7, 11) is 1.71. The lowest BCUT2D eigenvalue weighted by Crippen LogP contribution is -2.27. The van der Waals surface area contributed by atoms with Crippen LogP contribution in [0.4, 0.5) is 11.4 Å². The molecule has 0 amide bonds. The Labute approximate surface area is 121 Å². The molecule has 1 aromatic carbocycles. The SMILES string of the molecule is CCN(CCOC)c1ccc(N)c2cc(Br)cnc12. The number of nitrogen functional groups attached to an aromatic ring is 1. The third kappa shape index (κ3) is 2.98. The van der Waals surface area contributed by atoms with Crippen molar-refractivity contribution in [2.75, 3.05) is 37.4 Å². The summed E-state index contributed by atoms with van der Waals surface area (Å²) in [4.78, 5) is 6.75. The molecule has 0 fully saturated rings. The zero-order valence-corrected chi connectivity index (χ0v) is 12.8. The van der Waals surface area contributed by atoms with Gasteiger partial charge in [-0.25, -0.2) is 0 Å². The molecule has 0 aliphatic heterocycles. The molecule has 19 heavy (non-hydrogen) atoms. The molecule has 0 aliphatic carbocycles. The third-order valence-electron chi connectivity index (χ3n) is 3.12. The van der Waals surface area contributed by atoms with Gasteiger partial charge in [-0.15, -0.1) is 0 Å². The highest BCUT2D eigenvalue weighted by atomic mass is 79.9. The van der Waals surface area contributed by atoms with Crippen LogP contribution < -0.4 is 10.6 Å². The van der Waals surface area contributed by atoms with E-state index in [1.54, 1.807) is 13.3 Å². The van der Waals surface area contributed by atoms with Gasteiger partial charge >= 0.3 is 0 Å². The van der Waals surface area contributed by atoms with E-state index in [0.29, 0.717) is 6.61 Å². The van der Waals surface area contributed by atoms with E-state index in [2.05, 4.69) is 32.7 Å². The van der Waals surface area contributed by atoms with Crippen LogP contribution in [-0.2, 0) is 4.74 Å². The van der Waals surface area contributed by atoms with Crippen molar-refractivity contribution >= 4 is 38.2 Å². The van der Waals surface area contributed by atoms with Gasteiger partial charge in [-0.1, -0.05) is 0 Å². The van der Waals surface area contributed by atoms with Crippen LogP contribution in [0.3, 0.4) is 0 Å². The van der Waals surface area contributed by atoms with Gasteiger partial charge in [0.1, 0.15) is 0 Å². The Morgan fingerprint density at radius 2 is 2.21 bits per heavy atom. The largest absolute Gasteiger partial charge is 0.398 e. The Bertz CT molecular complexity index is 574. The van der Waals surface area contributed by atoms with Crippen LogP contribution in [0.15, 0.2) is 28.9 Å². The first-order chi connectivity index (χ1) is 9.17. The normalized spacial score (nSPS) is 10.9. The fraction of sp³-hybridized carbons (Fsp3) is 0.357. The van der Waals surface area contributed by atoms with Crippen molar-refractivity contribution < 1.29 is 4.74 Å². The Morgan fingerprint density at radius 1 is 1.42 bits per heavy atom. The zero-order valence-electron chi connectivity index (χ0n) is 11.2. The highest BCUT2D eigenvalue weighted by Gasteiger charge is 2.11. The summed E-state index contributed by atoms with van der Waals surface area (Å²) in [5.74, 6) is 0. The van der Waals surface area contributed by atoms with Gasteiger partial charge in [0.05, 0.1) is 17.8 Å². The highest BCUT2D eigenvalue weighted by molar-refractivity contribution is 9.10. The Kier molecular flexibility index (Phi) is 4.61. The van der Waals surface area contributed by atoms with Crippen molar-refractivity contribution in [3.8, 4) is 0 Å². The first-order valence-corrected chi connectivity index (χ1v) is 7.04. The Balaban J connectivity index is 2.51. The summed E-state index contributed by atoms with van der Waals surface area (Å²) < 4.78 is 6.09. The number of benzene rings is 1. The van der Waals surface area contributed by atoms with E-state index in [1.807, 2.05) is 18.2 Å². The van der Waals surface area contributed by atoms with E-state index < -0.39 is 0 Å². The Morgan fingerprint density at radius 3 is 2.89 bits per heavy atom. The number of anilines is 2. The van der Waals surface area contributed by atoms with Gasteiger partial charge < -0.3 is 15.4 Å². The van der Waals surface area contributed by atoms with Gasteiger partial charge in [0.15, 0.2) is 0 Å². The quantitative estimate of drug-likeness (QED) is 0.859. The number of aromatic nitrogens is 1. The minimum Gasteiger partial charge on any atom is -0.398 e. The molecule has 0 saturated carbocycles. The van der Waals surface area contributed by atoms with Crippen LogP contribution in [0.5, 0.6) is 0 Å². The highest BCUT2D eigenvalue weighted by Crippen LogP contribution is 2.31. The van der Waals surface area contributed by atoms with Crippen LogP contribution in [0.1, 0.15) is 6.92 Å². The number of ether oxygens (including phenoxy) is 1. The number of methoxy groups -OCH3 is 1. The smallest absolute Gasteiger partial charge is 0.0956 e. The number of fused-ring (bicyclic) bond motifs is 1. The molecule has 102 valence electrons. The molecule has 2 N–H and O–H groups in total. The van der Waals surface area contributed by atoms with E-state index in [0.717, 1.165) is 39.8 Å². The monoisotopic (exact) mass is 323 g/mol. The van der Waals surface area contributed by atoms with E-state index >= 15 is 0 Å². The number of nitrogens with zero attached hydrogens (tertiary/aromatic N) is 2. The van der Waals surface area contributed by atoms with Gasteiger partial charge in [0, 0.05) is 41.9 Å². The predicted molar refractivity (Wildman–Crippen MR) is 83.6 cm³/mol. The molecular formula is C14H18BrN3O. The molecule has 0 aliphatic rings. The van der Waals surface area contributed by atoms with E-state index in [4.69, 9.17) is 10.5 Å². The average Bonchev–Trinajstić information content (AvgIpc) is 2.42. The van der Waals surface area contributed by atoms with Crippen LogP contribution in [0.25, 0.3) is 10.9 Å². The molecule has 5 heteroatoms. The van der Waals surface area contributed by atoms with E-state index in [9.17, 15) is 0 Å². The van der Waals surface area contributed by atoms with Gasteiger partial charge in [-0.05, 0) is 41.1 Å². The van der Waals surface area contributed by atoms with Crippen LogP contribution in [0.2, 0.25) is 0 Å². The topological polar surface area (TPSA) is 51.4 Å². The molecule has 0 unspecified atom stereocenters. The molecule has 1 aromatic heterocycles. The minimum atomic E-state index is 0.691. The van der Waals surface area contributed by atoms with Crippen molar-refractivity contribution in [3.63, 3.8) is 0 Å². The second kappa shape index (κ2) is 6.21. The summed E-state index contributed by atoms with van der Waals surface area (Å²) in [6, 6.07) is 5.96. The van der Waals surface area contributed by atoms with Crippen molar-refractivity contribution in [2.45, 2.75) is 6.92 Å². The van der Waals surface area contributed by atoms with Gasteiger partial charge in [-0.2, -0.15) is 0 Å². The summed E-state index contributed by atoms with van der Waals surface area (Å²) in [5.41, 5.74) is 8.80. The van der Waals surface area contributed by atoms with Crippen molar-refractivity contribution in [1.82, 2.24) is 4.98 Å². The van der Waals surface area contributed by atoms with E-state index in [1.165, 1.54) is 0 Å². The summed E-state index contributed by atoms with van der Waals surface area (Å²) in [6.07, 6.45) is 1.80. The second-order valence-electron chi connectivity index (χ2n) is 4.30. The molecule has 1 heterocycles. The molecule has 0 bridgehead atoms. The summed E-state index contributed by atoms with van der Waals surface area (Å²) in [6.45, 7) is 4.55. The molecular weight excluding hydrogens is 306 g/mol. The lowest BCUT2D eigenvalue weighted by molar-refractivity contribution is 0.205. The number of likely N-dealkylation sites (N-methyl/N-ethyl adjacent to an activating group) is 1. The molecule has 2 rings (SSSR count). The average molecular weight is 324 g/mol. The molecule has 0 atom stereocenters. The molecule has 0 saturated heterocycles. The minimum absolute atomic E-state index is 0.691. The molecule has 0 spiro atoms.